The van der Waals surface area contributed by atoms with Crippen LogP contribution in [0.3, 0.4) is 0 Å². The molecule has 1 saturated heterocycles. The van der Waals surface area contributed by atoms with Crippen molar-refractivity contribution in [3.8, 4) is 6.07 Å². The number of amides is 2. The summed E-state index contributed by atoms with van der Waals surface area (Å²) >= 11 is 7.58. The Morgan fingerprint density at radius 1 is 1.06 bits per heavy atom. The molecule has 1 atom stereocenters. The summed E-state index contributed by atoms with van der Waals surface area (Å²) in [4.78, 5) is 28.3. The Morgan fingerprint density at radius 2 is 1.77 bits per heavy atom. The summed E-state index contributed by atoms with van der Waals surface area (Å²) in [6.07, 6.45) is 0.381. The molecule has 0 aromatic heterocycles. The average molecular weight is 502 g/mol. The number of thioether (sulfide) groups is 1. The zero-order valence-electron chi connectivity index (χ0n) is 19.6. The number of anilines is 2. The predicted molar refractivity (Wildman–Crippen MR) is 142 cm³/mol. The van der Waals surface area contributed by atoms with Gasteiger partial charge in [0.1, 0.15) is 16.7 Å². The summed E-state index contributed by atoms with van der Waals surface area (Å²) < 4.78 is 0. The number of carbonyl (C=O) groups excluding carboxylic acids is 2. The molecule has 7 heteroatoms. The van der Waals surface area contributed by atoms with Crippen LogP contribution in [0.5, 0.6) is 0 Å². The van der Waals surface area contributed by atoms with Gasteiger partial charge in [0.2, 0.25) is 5.91 Å². The fraction of sp³-hybridized carbons (Fsp3) is 0.179. The average Bonchev–Trinajstić information content (AvgIpc) is 3.14. The lowest BCUT2D eigenvalue weighted by molar-refractivity contribution is -0.117. The minimum absolute atomic E-state index is 0.108. The molecule has 2 amide bonds. The highest BCUT2D eigenvalue weighted by Crippen LogP contribution is 2.43. The van der Waals surface area contributed by atoms with Crippen LogP contribution in [0.15, 0.2) is 77.3 Å². The number of rotatable bonds is 5. The quantitative estimate of drug-likeness (QED) is 0.327. The van der Waals surface area contributed by atoms with Gasteiger partial charge in [0.05, 0.1) is 5.25 Å². The standard InChI is InChI=1S/C28H24ClN3O2S/c1-17-8-11-21(12-9-17)31-26(33)23(16-30)28-32(22-13-10-18(2)19(3)14-22)27(34)25(35-28)15-20-6-4-5-7-24(20)29/h4-14,25H,15H2,1-3H3,(H,31,33)/b28-23-/t25-/m0/s1. The zero-order chi connectivity index (χ0) is 25.1. The number of halogens is 1. The minimum Gasteiger partial charge on any atom is -0.321 e. The van der Waals surface area contributed by atoms with Crippen molar-refractivity contribution in [3.63, 3.8) is 0 Å². The van der Waals surface area contributed by atoms with Gasteiger partial charge in [-0.1, -0.05) is 65.3 Å². The first kappa shape index (κ1) is 24.6. The fourth-order valence-corrected chi connectivity index (χ4v) is 5.29. The normalized spacial score (nSPS) is 16.7. The largest absolute Gasteiger partial charge is 0.321 e. The van der Waals surface area contributed by atoms with Gasteiger partial charge >= 0.3 is 0 Å². The van der Waals surface area contributed by atoms with Crippen molar-refractivity contribution >= 4 is 46.6 Å². The van der Waals surface area contributed by atoms with Crippen LogP contribution in [0, 0.1) is 32.1 Å². The molecule has 5 nitrogen and oxygen atoms in total. The summed E-state index contributed by atoms with van der Waals surface area (Å²) in [5.41, 5.74) is 5.09. The van der Waals surface area contributed by atoms with E-state index in [4.69, 9.17) is 11.6 Å². The SMILES string of the molecule is Cc1ccc(NC(=O)/C(C#N)=C2\S[C@@H](Cc3ccccc3Cl)C(=O)N2c2ccc(C)c(C)c2)cc1. The molecule has 3 aromatic rings. The summed E-state index contributed by atoms with van der Waals surface area (Å²) in [5.74, 6) is -0.747. The van der Waals surface area contributed by atoms with E-state index in [0.717, 1.165) is 22.3 Å². The molecule has 4 rings (SSSR count). The molecule has 0 unspecified atom stereocenters. The second-order valence-electron chi connectivity index (χ2n) is 8.46. The zero-order valence-corrected chi connectivity index (χ0v) is 21.2. The Balaban J connectivity index is 1.75. The van der Waals surface area contributed by atoms with Gasteiger partial charge in [-0.2, -0.15) is 5.26 Å². The van der Waals surface area contributed by atoms with Crippen LogP contribution in [-0.2, 0) is 16.0 Å². The predicted octanol–water partition coefficient (Wildman–Crippen LogP) is 6.33. The topological polar surface area (TPSA) is 73.2 Å². The van der Waals surface area contributed by atoms with Gasteiger partial charge in [0, 0.05) is 16.4 Å². The maximum Gasteiger partial charge on any atom is 0.269 e. The van der Waals surface area contributed by atoms with Crippen molar-refractivity contribution in [1.82, 2.24) is 0 Å². The number of nitrogens with zero attached hydrogens (tertiary/aromatic N) is 2. The summed E-state index contributed by atoms with van der Waals surface area (Å²) in [6.45, 7) is 5.91. The van der Waals surface area contributed by atoms with Crippen LogP contribution in [-0.4, -0.2) is 17.1 Å². The van der Waals surface area contributed by atoms with Crippen molar-refractivity contribution in [1.29, 1.82) is 5.26 Å². The summed E-state index contributed by atoms with van der Waals surface area (Å²) in [7, 11) is 0. The molecule has 1 aliphatic rings. The van der Waals surface area contributed by atoms with E-state index >= 15 is 0 Å². The molecule has 0 spiro atoms. The maximum absolute atomic E-state index is 13.7. The summed E-state index contributed by atoms with van der Waals surface area (Å²) in [5, 5.41) is 13.2. The monoisotopic (exact) mass is 501 g/mol. The van der Waals surface area contributed by atoms with E-state index in [9.17, 15) is 14.9 Å². The van der Waals surface area contributed by atoms with E-state index in [1.165, 1.54) is 16.7 Å². The molecule has 0 aliphatic carbocycles. The lowest BCUT2D eigenvalue weighted by Gasteiger charge is -2.20. The third-order valence-corrected chi connectivity index (χ3v) is 7.56. The van der Waals surface area contributed by atoms with Gasteiger partial charge in [-0.3, -0.25) is 14.5 Å². The molecule has 176 valence electrons. The lowest BCUT2D eigenvalue weighted by atomic mass is 10.1. The fourth-order valence-electron chi connectivity index (χ4n) is 3.78. The Hall–Kier alpha value is -3.53. The van der Waals surface area contributed by atoms with E-state index in [0.29, 0.717) is 27.8 Å². The molecular weight excluding hydrogens is 478 g/mol. The molecule has 1 N–H and O–H groups in total. The number of benzene rings is 3. The molecular formula is C28H24ClN3O2S. The van der Waals surface area contributed by atoms with Crippen molar-refractivity contribution in [2.75, 3.05) is 10.2 Å². The van der Waals surface area contributed by atoms with Crippen molar-refractivity contribution in [2.24, 2.45) is 0 Å². The van der Waals surface area contributed by atoms with Crippen LogP contribution in [0.25, 0.3) is 0 Å². The number of aryl methyl sites for hydroxylation is 3. The van der Waals surface area contributed by atoms with E-state index in [2.05, 4.69) is 5.32 Å². The van der Waals surface area contributed by atoms with Gasteiger partial charge in [-0.15, -0.1) is 0 Å². The van der Waals surface area contributed by atoms with Crippen molar-refractivity contribution in [2.45, 2.75) is 32.4 Å². The highest BCUT2D eigenvalue weighted by atomic mass is 35.5. The first-order valence-electron chi connectivity index (χ1n) is 11.1. The molecule has 3 aromatic carbocycles. The van der Waals surface area contributed by atoms with E-state index in [-0.39, 0.29) is 11.5 Å². The molecule has 0 bridgehead atoms. The number of carbonyl (C=O) groups is 2. The van der Waals surface area contributed by atoms with E-state index in [1.54, 1.807) is 18.2 Å². The Morgan fingerprint density at radius 3 is 2.43 bits per heavy atom. The number of nitriles is 1. The first-order chi connectivity index (χ1) is 16.8. The summed E-state index contributed by atoms with van der Waals surface area (Å²) in [6, 6.07) is 22.4. The molecule has 0 radical (unpaired) electrons. The highest BCUT2D eigenvalue weighted by molar-refractivity contribution is 8.05. The van der Waals surface area contributed by atoms with Gasteiger partial charge in [-0.05, 0) is 74.2 Å². The van der Waals surface area contributed by atoms with E-state index in [1.807, 2.05) is 75.4 Å². The van der Waals surface area contributed by atoms with Crippen LogP contribution in [0.4, 0.5) is 11.4 Å². The number of hydrogen-bond acceptors (Lipinski definition) is 4. The van der Waals surface area contributed by atoms with Gasteiger partial charge in [-0.25, -0.2) is 0 Å². The van der Waals surface area contributed by atoms with Crippen LogP contribution < -0.4 is 10.2 Å². The molecule has 1 aliphatic heterocycles. The maximum atomic E-state index is 13.7. The lowest BCUT2D eigenvalue weighted by Crippen LogP contribution is -2.31. The number of hydrogen-bond donors (Lipinski definition) is 1. The second kappa shape index (κ2) is 10.4. The van der Waals surface area contributed by atoms with Gasteiger partial charge < -0.3 is 5.32 Å². The van der Waals surface area contributed by atoms with Crippen LogP contribution in [0.2, 0.25) is 5.02 Å². The third-order valence-electron chi connectivity index (χ3n) is 5.93. The van der Waals surface area contributed by atoms with Crippen LogP contribution >= 0.6 is 23.4 Å². The highest BCUT2D eigenvalue weighted by Gasteiger charge is 2.41. The Bertz CT molecular complexity index is 1380. The molecule has 1 fully saturated rings. The van der Waals surface area contributed by atoms with Crippen LogP contribution in [0.1, 0.15) is 22.3 Å². The Kier molecular flexibility index (Phi) is 7.30. The second-order valence-corrected chi connectivity index (χ2v) is 10.1. The van der Waals surface area contributed by atoms with Crippen molar-refractivity contribution in [3.05, 3.63) is 105 Å². The van der Waals surface area contributed by atoms with Gasteiger partial charge in [0.15, 0.2) is 0 Å². The minimum atomic E-state index is -0.557. The molecule has 35 heavy (non-hydrogen) atoms. The smallest absolute Gasteiger partial charge is 0.269 e. The van der Waals surface area contributed by atoms with E-state index < -0.39 is 11.2 Å². The first-order valence-corrected chi connectivity index (χ1v) is 12.4. The molecule has 1 heterocycles. The molecule has 0 saturated carbocycles. The van der Waals surface area contributed by atoms with Gasteiger partial charge in [0.25, 0.3) is 5.91 Å². The Labute approximate surface area is 214 Å². The number of nitrogens with one attached hydrogen (secondary N) is 1. The van der Waals surface area contributed by atoms with Crippen molar-refractivity contribution < 1.29 is 9.59 Å². The third kappa shape index (κ3) is 5.27.